The number of hydrogen-bond donors (Lipinski definition) is 0. The number of allylic oxidation sites excluding steroid dienone is 1. The highest BCUT2D eigenvalue weighted by atomic mass is 35.5. The lowest BCUT2D eigenvalue weighted by Crippen LogP contribution is -2.37. The molecule has 0 spiro atoms. The third-order valence-electron chi connectivity index (χ3n) is 4.14. The zero-order valence-electron chi connectivity index (χ0n) is 15.1. The Labute approximate surface area is 170 Å². The number of imidazole rings is 1. The molecule has 0 atom stereocenters. The number of aromatic nitrogens is 4. The van der Waals surface area contributed by atoms with Crippen LogP contribution in [0.25, 0.3) is 11.2 Å². The van der Waals surface area contributed by atoms with Crippen LogP contribution in [0.4, 0.5) is 0 Å². The molecule has 2 heterocycles. The fourth-order valence-electron chi connectivity index (χ4n) is 2.69. The van der Waals surface area contributed by atoms with Crippen molar-refractivity contribution >= 4 is 46.1 Å². The van der Waals surface area contributed by atoms with Crippen LogP contribution < -0.4 is 11.2 Å². The highest BCUT2D eigenvalue weighted by Crippen LogP contribution is 2.24. The Balaban J connectivity index is 2.19. The van der Waals surface area contributed by atoms with Gasteiger partial charge in [-0.25, -0.2) is 9.78 Å². The third-order valence-corrected chi connectivity index (χ3v) is 5.45. The Morgan fingerprint density at radius 2 is 1.85 bits per heavy atom. The first-order valence-corrected chi connectivity index (χ1v) is 9.89. The van der Waals surface area contributed by atoms with E-state index in [2.05, 4.69) is 4.98 Å². The molecule has 9 heteroatoms. The molecule has 0 saturated carbocycles. The first-order chi connectivity index (χ1) is 12.8. The van der Waals surface area contributed by atoms with Gasteiger partial charge in [0.25, 0.3) is 5.56 Å². The monoisotopic (exact) mass is 424 g/mol. The van der Waals surface area contributed by atoms with Gasteiger partial charge in [0.2, 0.25) is 0 Å². The summed E-state index contributed by atoms with van der Waals surface area (Å²) in [6.07, 6.45) is 1.87. The minimum absolute atomic E-state index is 0.367. The number of aryl methyl sites for hydroxylation is 1. The largest absolute Gasteiger partial charge is 0.332 e. The van der Waals surface area contributed by atoms with Crippen molar-refractivity contribution in [1.29, 1.82) is 0 Å². The van der Waals surface area contributed by atoms with Gasteiger partial charge < -0.3 is 4.57 Å². The van der Waals surface area contributed by atoms with Crippen LogP contribution in [0.5, 0.6) is 0 Å². The number of hydrogen-bond acceptors (Lipinski definition) is 4. The van der Waals surface area contributed by atoms with Crippen molar-refractivity contribution in [1.82, 2.24) is 18.7 Å². The molecule has 0 aliphatic heterocycles. The molecule has 0 aliphatic carbocycles. The van der Waals surface area contributed by atoms with E-state index in [1.54, 1.807) is 26.1 Å². The van der Waals surface area contributed by atoms with Crippen LogP contribution in [-0.2, 0) is 20.6 Å². The van der Waals surface area contributed by atoms with E-state index in [4.69, 9.17) is 23.2 Å². The zero-order chi connectivity index (χ0) is 19.7. The molecule has 3 rings (SSSR count). The zero-order valence-corrected chi connectivity index (χ0v) is 17.4. The smallest absolute Gasteiger partial charge is 0.309 e. The second-order valence-corrected chi connectivity index (χ2v) is 8.11. The van der Waals surface area contributed by atoms with Gasteiger partial charge in [0.1, 0.15) is 0 Å². The number of rotatable bonds is 5. The molecule has 0 saturated heterocycles. The van der Waals surface area contributed by atoms with E-state index in [1.807, 2.05) is 22.8 Å². The van der Waals surface area contributed by atoms with Gasteiger partial charge in [-0.15, -0.1) is 0 Å². The maximum Gasteiger partial charge on any atom is 0.332 e. The summed E-state index contributed by atoms with van der Waals surface area (Å²) in [4.78, 5) is 29.6. The summed E-state index contributed by atoms with van der Waals surface area (Å²) in [5.41, 5.74) is 0.956. The number of halogens is 2. The predicted molar refractivity (Wildman–Crippen MR) is 111 cm³/mol. The van der Waals surface area contributed by atoms with Crippen LogP contribution >= 0.6 is 35.0 Å². The summed E-state index contributed by atoms with van der Waals surface area (Å²) in [6.45, 7) is 2.24. The Morgan fingerprint density at radius 3 is 2.48 bits per heavy atom. The standard InChI is InChI=1S/C18H18Cl2N4O2S/c1-11(19)8-9-27-17-21-15-14(16(25)23(3)18(26)22(15)2)24(17)10-12-4-6-13(20)7-5-12/h4-8H,9-10H2,1-3H3. The summed E-state index contributed by atoms with van der Waals surface area (Å²) in [5.74, 6) is 0.605. The molecule has 6 nitrogen and oxygen atoms in total. The molecule has 0 amide bonds. The number of fused-ring (bicyclic) bond motifs is 1. The van der Waals surface area contributed by atoms with Gasteiger partial charge in [0.05, 0.1) is 6.54 Å². The van der Waals surface area contributed by atoms with Gasteiger partial charge in [-0.1, -0.05) is 53.2 Å². The maximum absolute atomic E-state index is 12.8. The molecule has 27 heavy (non-hydrogen) atoms. The molecule has 0 N–H and O–H groups in total. The topological polar surface area (TPSA) is 61.8 Å². The van der Waals surface area contributed by atoms with Crippen molar-refractivity contribution in [3.05, 3.63) is 66.8 Å². The molecular formula is C18H18Cl2N4O2S. The van der Waals surface area contributed by atoms with E-state index < -0.39 is 5.69 Å². The van der Waals surface area contributed by atoms with E-state index in [0.29, 0.717) is 38.7 Å². The van der Waals surface area contributed by atoms with E-state index in [-0.39, 0.29) is 5.56 Å². The van der Waals surface area contributed by atoms with Crippen molar-refractivity contribution in [3.63, 3.8) is 0 Å². The van der Waals surface area contributed by atoms with E-state index in [9.17, 15) is 9.59 Å². The molecule has 0 radical (unpaired) electrons. The molecular weight excluding hydrogens is 407 g/mol. The highest BCUT2D eigenvalue weighted by molar-refractivity contribution is 7.99. The number of nitrogens with zero attached hydrogens (tertiary/aromatic N) is 4. The third kappa shape index (κ3) is 4.00. The molecule has 1 aromatic carbocycles. The SMILES string of the molecule is CC(Cl)=CCSc1nc2c(c(=O)n(C)c(=O)n2C)n1Cc1ccc(Cl)cc1. The first-order valence-electron chi connectivity index (χ1n) is 8.15. The molecule has 142 valence electrons. The minimum atomic E-state index is -0.406. The summed E-state index contributed by atoms with van der Waals surface area (Å²) in [7, 11) is 3.08. The van der Waals surface area contributed by atoms with Crippen molar-refractivity contribution < 1.29 is 0 Å². The number of benzene rings is 1. The van der Waals surface area contributed by atoms with Crippen LogP contribution in [0, 0.1) is 0 Å². The summed E-state index contributed by atoms with van der Waals surface area (Å²) < 4.78 is 4.32. The first kappa shape index (κ1) is 19.8. The normalized spacial score (nSPS) is 12.1. The molecule has 0 bridgehead atoms. The van der Waals surface area contributed by atoms with Crippen molar-refractivity contribution in [2.24, 2.45) is 14.1 Å². The van der Waals surface area contributed by atoms with Gasteiger partial charge in [0, 0.05) is 29.9 Å². The lowest BCUT2D eigenvalue weighted by Gasteiger charge is -2.09. The van der Waals surface area contributed by atoms with Crippen LogP contribution in [0.1, 0.15) is 12.5 Å². The maximum atomic E-state index is 12.8. The van der Waals surface area contributed by atoms with E-state index in [1.165, 1.54) is 23.4 Å². The Bertz CT molecular complexity index is 1140. The van der Waals surface area contributed by atoms with Gasteiger partial charge in [-0.05, 0) is 24.6 Å². The fraction of sp³-hybridized carbons (Fsp3) is 0.278. The second kappa shape index (κ2) is 7.96. The lowest BCUT2D eigenvalue weighted by atomic mass is 10.2. The van der Waals surface area contributed by atoms with E-state index >= 15 is 0 Å². The summed E-state index contributed by atoms with van der Waals surface area (Å²) in [5, 5.41) is 1.98. The molecule has 0 unspecified atom stereocenters. The van der Waals surface area contributed by atoms with Gasteiger partial charge in [-0.3, -0.25) is 13.9 Å². The Morgan fingerprint density at radius 1 is 1.19 bits per heavy atom. The summed E-state index contributed by atoms with van der Waals surface area (Å²) in [6, 6.07) is 7.41. The Kier molecular flexibility index (Phi) is 5.83. The van der Waals surface area contributed by atoms with Gasteiger partial charge >= 0.3 is 5.69 Å². The van der Waals surface area contributed by atoms with Crippen molar-refractivity contribution in [3.8, 4) is 0 Å². The Hall–Kier alpha value is -1.96. The van der Waals surface area contributed by atoms with Gasteiger partial charge in [0.15, 0.2) is 16.3 Å². The predicted octanol–water partition coefficient (Wildman–Crippen LogP) is 3.37. The fourth-order valence-corrected chi connectivity index (χ4v) is 3.93. The van der Waals surface area contributed by atoms with Gasteiger partial charge in [-0.2, -0.15) is 0 Å². The van der Waals surface area contributed by atoms with Crippen LogP contribution in [0.3, 0.4) is 0 Å². The molecule has 0 aliphatic rings. The van der Waals surface area contributed by atoms with Crippen LogP contribution in [0.15, 0.2) is 50.1 Å². The molecule has 3 aromatic rings. The average Bonchev–Trinajstić information content (AvgIpc) is 2.98. The van der Waals surface area contributed by atoms with Crippen molar-refractivity contribution in [2.45, 2.75) is 18.6 Å². The number of thioether (sulfide) groups is 1. The minimum Gasteiger partial charge on any atom is -0.309 e. The average molecular weight is 425 g/mol. The van der Waals surface area contributed by atoms with Crippen molar-refractivity contribution in [2.75, 3.05) is 5.75 Å². The van der Waals surface area contributed by atoms with Crippen LogP contribution in [-0.4, -0.2) is 24.4 Å². The molecule has 2 aromatic heterocycles. The lowest BCUT2D eigenvalue weighted by molar-refractivity contribution is 0.696. The highest BCUT2D eigenvalue weighted by Gasteiger charge is 2.19. The summed E-state index contributed by atoms with van der Waals surface area (Å²) >= 11 is 13.3. The quantitative estimate of drug-likeness (QED) is 0.589. The molecule has 0 fully saturated rings. The van der Waals surface area contributed by atoms with Crippen LogP contribution in [0.2, 0.25) is 5.02 Å². The van der Waals surface area contributed by atoms with E-state index in [0.717, 1.165) is 10.1 Å². The second-order valence-electron chi connectivity index (χ2n) is 6.09.